The second kappa shape index (κ2) is 15.4. The summed E-state index contributed by atoms with van der Waals surface area (Å²) in [5.41, 5.74) is 12.9. The van der Waals surface area contributed by atoms with E-state index in [1.54, 1.807) is 0 Å². The van der Waals surface area contributed by atoms with Crippen molar-refractivity contribution in [3.05, 3.63) is 243 Å². The van der Waals surface area contributed by atoms with Crippen LogP contribution >= 0.6 is 0 Å². The lowest BCUT2D eigenvalue weighted by Crippen LogP contribution is -2.02. The molecule has 0 N–H and O–H groups in total. The van der Waals surface area contributed by atoms with E-state index in [1.165, 1.54) is 48.9 Å². The number of para-hydroxylation sites is 4. The maximum absolute atomic E-state index is 5.36. The summed E-state index contributed by atoms with van der Waals surface area (Å²) >= 11 is 0. The van der Waals surface area contributed by atoms with Gasteiger partial charge in [-0.05, 0) is 70.8 Å². The molecule has 0 aliphatic carbocycles. The Labute approximate surface area is 407 Å². The minimum atomic E-state index is 0.620. The topological polar surface area (TPSA) is 53.5 Å². The van der Waals surface area contributed by atoms with E-state index >= 15 is 0 Å². The normalized spacial score (nSPS) is 11.9. The van der Waals surface area contributed by atoms with Crippen molar-refractivity contribution in [3.8, 4) is 51.2 Å². The van der Waals surface area contributed by atoms with Crippen molar-refractivity contribution in [3.63, 3.8) is 0 Å². The molecule has 4 aromatic heterocycles. The molecular formula is C65H40N6. The predicted octanol–water partition coefficient (Wildman–Crippen LogP) is 16.5. The highest BCUT2D eigenvalue weighted by molar-refractivity contribution is 6.27. The zero-order valence-corrected chi connectivity index (χ0v) is 38.3. The minimum absolute atomic E-state index is 0.620. The predicted molar refractivity (Wildman–Crippen MR) is 294 cm³/mol. The summed E-state index contributed by atoms with van der Waals surface area (Å²) in [6, 6.07) is 86.9. The van der Waals surface area contributed by atoms with Crippen molar-refractivity contribution in [2.45, 2.75) is 0 Å². The highest BCUT2D eigenvalue weighted by Gasteiger charge is 2.24. The Bertz CT molecular complexity index is 4570. The van der Waals surface area contributed by atoms with Crippen molar-refractivity contribution in [2.75, 3.05) is 0 Å². The Morgan fingerprint density at radius 1 is 0.254 bits per heavy atom. The molecule has 0 unspecified atom stereocenters. The molecule has 0 bridgehead atoms. The van der Waals surface area contributed by atoms with Crippen molar-refractivity contribution in [1.29, 1.82) is 0 Å². The average molecular weight is 905 g/mol. The van der Waals surface area contributed by atoms with E-state index in [-0.39, 0.29) is 0 Å². The Morgan fingerprint density at radius 2 is 0.648 bits per heavy atom. The standard InChI is InChI=1S/C65H40N6/c1-4-19-41(20-5-1)63-66-64(42-21-6-2-7-22-42)68-65(67-63)55-39-43-23-10-11-28-47(43)51-35-36-52-48-29-12-16-33-57(48)70(60(52)59(51)55)45-26-18-27-46(40-45)71-58-34-17-14-31-50(58)54-38-37-53-49-30-13-15-32-56(49)69(61(53)62(54)71)44-24-8-3-9-25-44/h1-40H. The number of benzene rings is 11. The molecule has 71 heavy (non-hydrogen) atoms. The second-order valence-corrected chi connectivity index (χ2v) is 18.3. The first kappa shape index (κ1) is 39.4. The third kappa shape index (κ3) is 5.92. The molecule has 4 heterocycles. The Kier molecular flexibility index (Phi) is 8.56. The van der Waals surface area contributed by atoms with Crippen LogP contribution in [0.3, 0.4) is 0 Å². The molecule has 0 fully saturated rings. The van der Waals surface area contributed by atoms with E-state index in [0.717, 1.165) is 71.8 Å². The van der Waals surface area contributed by atoms with Crippen molar-refractivity contribution in [2.24, 2.45) is 0 Å². The summed E-state index contributed by atoms with van der Waals surface area (Å²) in [6.45, 7) is 0. The van der Waals surface area contributed by atoms with Gasteiger partial charge in [0.1, 0.15) is 0 Å². The molecule has 0 saturated heterocycles. The molecule has 15 rings (SSSR count). The van der Waals surface area contributed by atoms with E-state index in [1.807, 2.05) is 36.4 Å². The molecule has 6 heteroatoms. The van der Waals surface area contributed by atoms with Gasteiger partial charge in [-0.25, -0.2) is 15.0 Å². The van der Waals surface area contributed by atoms with Crippen LogP contribution in [0.2, 0.25) is 0 Å². The first-order valence-corrected chi connectivity index (χ1v) is 24.1. The molecule has 0 radical (unpaired) electrons. The molecular weight excluding hydrogens is 865 g/mol. The van der Waals surface area contributed by atoms with Gasteiger partial charge in [0.25, 0.3) is 0 Å². The molecule has 0 aliphatic heterocycles. The zero-order valence-electron chi connectivity index (χ0n) is 38.3. The molecule has 11 aromatic carbocycles. The van der Waals surface area contributed by atoms with Gasteiger partial charge in [0.15, 0.2) is 17.5 Å². The smallest absolute Gasteiger partial charge is 0.164 e. The van der Waals surface area contributed by atoms with Gasteiger partial charge in [-0.1, -0.05) is 188 Å². The van der Waals surface area contributed by atoms with Gasteiger partial charge in [-0.15, -0.1) is 0 Å². The van der Waals surface area contributed by atoms with Crippen LogP contribution in [0, 0.1) is 0 Å². The van der Waals surface area contributed by atoms with Gasteiger partial charge >= 0.3 is 0 Å². The average Bonchev–Trinajstić information content (AvgIpc) is 4.10. The van der Waals surface area contributed by atoms with Gasteiger partial charge in [-0.3, -0.25) is 0 Å². The van der Waals surface area contributed by atoms with Crippen LogP contribution in [0.5, 0.6) is 0 Å². The van der Waals surface area contributed by atoms with Gasteiger partial charge < -0.3 is 13.7 Å². The lowest BCUT2D eigenvalue weighted by atomic mass is 9.94. The number of aromatic nitrogens is 6. The molecule has 0 amide bonds. The first-order chi connectivity index (χ1) is 35.2. The summed E-state index contributed by atoms with van der Waals surface area (Å²) in [5.74, 6) is 1.88. The molecule has 15 aromatic rings. The molecule has 0 saturated carbocycles. The fraction of sp³-hybridized carbons (Fsp3) is 0. The number of hydrogen-bond donors (Lipinski definition) is 0. The van der Waals surface area contributed by atoms with E-state index in [4.69, 9.17) is 15.0 Å². The molecule has 0 aliphatic rings. The first-order valence-electron chi connectivity index (χ1n) is 24.1. The number of fused-ring (bicyclic) bond motifs is 14. The number of nitrogens with zero attached hydrogens (tertiary/aromatic N) is 6. The molecule has 330 valence electrons. The summed E-state index contributed by atoms with van der Waals surface area (Å²) in [7, 11) is 0. The molecule has 6 nitrogen and oxygen atoms in total. The van der Waals surface area contributed by atoms with Crippen LogP contribution in [0.1, 0.15) is 0 Å². The molecule has 0 spiro atoms. The number of rotatable bonds is 6. The van der Waals surface area contributed by atoms with Crippen LogP contribution in [-0.4, -0.2) is 28.7 Å². The van der Waals surface area contributed by atoms with E-state index in [2.05, 4.69) is 220 Å². The van der Waals surface area contributed by atoms with Crippen molar-refractivity contribution >= 4 is 87.0 Å². The van der Waals surface area contributed by atoms with E-state index < -0.39 is 0 Å². The maximum atomic E-state index is 5.36. The van der Waals surface area contributed by atoms with Gasteiger partial charge in [0, 0.05) is 71.5 Å². The lowest BCUT2D eigenvalue weighted by Gasteiger charge is -2.17. The quantitative estimate of drug-likeness (QED) is 0.156. The Morgan fingerprint density at radius 3 is 1.20 bits per heavy atom. The third-order valence-corrected chi connectivity index (χ3v) is 14.4. The summed E-state index contributed by atoms with van der Waals surface area (Å²) in [4.78, 5) is 15.8. The van der Waals surface area contributed by atoms with Crippen LogP contribution in [0.15, 0.2) is 243 Å². The van der Waals surface area contributed by atoms with Crippen molar-refractivity contribution in [1.82, 2.24) is 28.7 Å². The zero-order chi connectivity index (χ0) is 46.6. The maximum Gasteiger partial charge on any atom is 0.164 e. The van der Waals surface area contributed by atoms with Crippen LogP contribution < -0.4 is 0 Å². The van der Waals surface area contributed by atoms with Gasteiger partial charge in [-0.2, -0.15) is 0 Å². The monoisotopic (exact) mass is 904 g/mol. The SMILES string of the molecule is c1ccc(-c2nc(-c3ccccc3)nc(-c3cc4ccccc4c4ccc5c6ccccc6n(-c6cccc(-n7c8ccccc8c8ccc9c%10ccccc%10n(-c%10ccccc%10)c9c87)c6)c5c34)n2)cc1. The van der Waals surface area contributed by atoms with Crippen LogP contribution in [-0.2, 0) is 0 Å². The second-order valence-electron chi connectivity index (χ2n) is 18.3. The molecule has 0 atom stereocenters. The minimum Gasteiger partial charge on any atom is -0.309 e. The fourth-order valence-corrected chi connectivity index (χ4v) is 11.4. The lowest BCUT2D eigenvalue weighted by molar-refractivity contribution is 1.08. The van der Waals surface area contributed by atoms with Gasteiger partial charge in [0.05, 0.1) is 33.1 Å². The van der Waals surface area contributed by atoms with Gasteiger partial charge in [0.2, 0.25) is 0 Å². The third-order valence-electron chi connectivity index (χ3n) is 14.4. The fourth-order valence-electron chi connectivity index (χ4n) is 11.4. The van der Waals surface area contributed by atoms with Crippen molar-refractivity contribution < 1.29 is 0 Å². The largest absolute Gasteiger partial charge is 0.309 e. The van der Waals surface area contributed by atoms with Crippen LogP contribution in [0.25, 0.3) is 138 Å². The summed E-state index contributed by atoms with van der Waals surface area (Å²) < 4.78 is 7.40. The van der Waals surface area contributed by atoms with E-state index in [9.17, 15) is 0 Å². The van der Waals surface area contributed by atoms with Crippen LogP contribution in [0.4, 0.5) is 0 Å². The highest BCUT2D eigenvalue weighted by atomic mass is 15.1. The van der Waals surface area contributed by atoms with E-state index in [0.29, 0.717) is 17.5 Å². The highest BCUT2D eigenvalue weighted by Crippen LogP contribution is 2.45. The Hall–Kier alpha value is -9.65. The Balaban J connectivity index is 1.06. The number of hydrogen-bond acceptors (Lipinski definition) is 3. The summed E-state index contributed by atoms with van der Waals surface area (Å²) in [5, 5.41) is 11.7. The summed E-state index contributed by atoms with van der Waals surface area (Å²) in [6.07, 6.45) is 0.